The Kier molecular flexibility index (Phi) is 1.05. The normalized spacial score (nSPS) is 18.2. The Hall–Kier alpha value is -1.82. The molecule has 0 nitrogen and oxygen atoms in total. The Morgan fingerprint density at radius 3 is 1.19 bits per heavy atom. The van der Waals surface area contributed by atoms with Crippen LogP contribution in [0.25, 0.3) is 21.5 Å². The number of aryl methyl sites for hydroxylation is 2. The summed E-state index contributed by atoms with van der Waals surface area (Å²) in [6, 6.07) is 13.6. The number of benzene rings is 3. The van der Waals surface area contributed by atoms with Gasteiger partial charge in [-0.2, -0.15) is 0 Å². The predicted molar refractivity (Wildman–Crippen MR) is 70.9 cm³/mol. The number of rotatable bonds is 0. The van der Waals surface area contributed by atoms with Gasteiger partial charge in [0.15, 0.2) is 0 Å². The van der Waals surface area contributed by atoms with Crippen molar-refractivity contribution in [3.8, 4) is 0 Å². The maximum atomic E-state index is 7.86. The molecule has 3 aromatic carbocycles. The lowest BCUT2D eigenvalue weighted by molar-refractivity contribution is 1.52. The molecule has 0 aliphatic heterocycles. The van der Waals surface area contributed by atoms with Gasteiger partial charge in [-0.15, -0.1) is 0 Å². The first kappa shape index (κ1) is 5.01. The van der Waals surface area contributed by atoms with Crippen LogP contribution in [0.2, 0.25) is 0 Å². The van der Waals surface area contributed by atoms with Gasteiger partial charge in [-0.25, -0.2) is 0 Å². The van der Waals surface area contributed by atoms with Gasteiger partial charge in [-0.3, -0.25) is 0 Å². The van der Waals surface area contributed by atoms with Crippen LogP contribution in [-0.2, 0) is 0 Å². The van der Waals surface area contributed by atoms with Crippen molar-refractivity contribution in [2.75, 3.05) is 0 Å². The van der Waals surface area contributed by atoms with E-state index in [2.05, 4.69) is 0 Å². The monoisotopic (exact) mass is 212 g/mol. The molecule has 3 rings (SSSR count). The summed E-state index contributed by atoms with van der Waals surface area (Å²) < 4.78 is 47.1. The van der Waals surface area contributed by atoms with E-state index in [1.54, 1.807) is 48.5 Å². The maximum absolute atomic E-state index is 7.86. The highest BCUT2D eigenvalue weighted by Gasteiger charge is 2.06. The molecule has 0 aliphatic carbocycles. The molecule has 0 bridgehead atoms. The molecular weight excluding hydrogens is 192 g/mol. The van der Waals surface area contributed by atoms with Crippen LogP contribution in [0.5, 0.6) is 0 Å². The molecule has 78 valence electrons. The molecule has 0 spiro atoms. The minimum absolute atomic E-state index is 0.215. The Morgan fingerprint density at radius 2 is 0.938 bits per heavy atom. The molecule has 0 saturated heterocycles. The summed E-state index contributed by atoms with van der Waals surface area (Å²) in [4.78, 5) is 0. The van der Waals surface area contributed by atoms with Crippen LogP contribution in [0.4, 0.5) is 0 Å². The molecule has 0 unspecified atom stereocenters. The summed E-state index contributed by atoms with van der Waals surface area (Å²) in [5.74, 6) is 0. The minimum Gasteiger partial charge on any atom is -0.0616 e. The lowest BCUT2D eigenvalue weighted by Crippen LogP contribution is -1.87. The van der Waals surface area contributed by atoms with Gasteiger partial charge in [-0.1, -0.05) is 48.5 Å². The fourth-order valence-corrected chi connectivity index (χ4v) is 2.13. The molecule has 0 N–H and O–H groups in total. The summed E-state index contributed by atoms with van der Waals surface area (Å²) in [6.07, 6.45) is 0. The molecule has 0 heteroatoms. The summed E-state index contributed by atoms with van der Waals surface area (Å²) in [6.45, 7) is -4.63. The van der Waals surface area contributed by atoms with Gasteiger partial charge in [0.2, 0.25) is 0 Å². The highest BCUT2D eigenvalue weighted by Crippen LogP contribution is 2.31. The summed E-state index contributed by atoms with van der Waals surface area (Å²) in [5, 5.41) is 1.92. The molecule has 0 heterocycles. The number of hydrogen-bond acceptors (Lipinski definition) is 0. The van der Waals surface area contributed by atoms with Gasteiger partial charge in [0, 0.05) is 8.22 Å². The van der Waals surface area contributed by atoms with E-state index in [1.807, 2.05) is 0 Å². The van der Waals surface area contributed by atoms with Crippen molar-refractivity contribution in [1.29, 1.82) is 0 Å². The Morgan fingerprint density at radius 1 is 0.625 bits per heavy atom. The van der Waals surface area contributed by atoms with E-state index < -0.39 is 13.7 Å². The SMILES string of the molecule is [2H]C([2H])([2H])c1c2ccccc2c(C([2H])([2H])[2H])c2ccccc12. The van der Waals surface area contributed by atoms with Crippen LogP contribution in [0.1, 0.15) is 19.4 Å². The second-order valence-electron chi connectivity index (χ2n) is 3.84. The van der Waals surface area contributed by atoms with Crippen molar-refractivity contribution in [1.82, 2.24) is 0 Å². The lowest BCUT2D eigenvalue weighted by atomic mass is 9.93. The van der Waals surface area contributed by atoms with Gasteiger partial charge >= 0.3 is 0 Å². The first-order chi connectivity index (χ1) is 10.2. The van der Waals surface area contributed by atoms with Gasteiger partial charge < -0.3 is 0 Å². The Balaban J connectivity index is 2.67. The maximum Gasteiger partial charge on any atom is 0.0280 e. The van der Waals surface area contributed by atoms with Crippen LogP contribution in [0.15, 0.2) is 48.5 Å². The largest absolute Gasteiger partial charge is 0.0616 e. The zero-order valence-corrected chi connectivity index (χ0v) is 8.62. The van der Waals surface area contributed by atoms with E-state index in [1.165, 1.54) is 0 Å². The molecule has 0 aromatic heterocycles. The van der Waals surface area contributed by atoms with E-state index in [9.17, 15) is 0 Å². The van der Waals surface area contributed by atoms with E-state index in [-0.39, 0.29) is 11.1 Å². The highest BCUT2D eigenvalue weighted by atomic mass is 14.1. The molecule has 0 atom stereocenters. The standard InChI is InChI=1S/C16H14/c1-11-13-7-3-5-9-15(13)12(2)16-10-6-4-8-14(11)16/h3-10H,1-2H3/i1D3,2D3. The minimum atomic E-state index is -2.31. The van der Waals surface area contributed by atoms with Crippen LogP contribution < -0.4 is 0 Å². The Labute approximate surface area is 104 Å². The first-order valence-electron chi connectivity index (χ1n) is 8.15. The average Bonchev–Trinajstić information content (AvgIpc) is 2.41. The van der Waals surface area contributed by atoms with Gasteiger partial charge in [0.25, 0.3) is 0 Å². The Bertz CT molecular complexity index is 729. The smallest absolute Gasteiger partial charge is 0.0280 e. The zero-order valence-electron chi connectivity index (χ0n) is 14.6. The fourth-order valence-electron chi connectivity index (χ4n) is 2.13. The van der Waals surface area contributed by atoms with E-state index in [0.717, 1.165) is 0 Å². The number of fused-ring (bicyclic) bond motifs is 2. The second-order valence-corrected chi connectivity index (χ2v) is 3.84. The molecule has 0 fully saturated rings. The topological polar surface area (TPSA) is 0 Å². The van der Waals surface area contributed by atoms with Crippen LogP contribution in [0, 0.1) is 13.7 Å². The second kappa shape index (κ2) is 3.34. The highest BCUT2D eigenvalue weighted by molar-refractivity contribution is 6.05. The van der Waals surface area contributed by atoms with Crippen LogP contribution >= 0.6 is 0 Å². The van der Waals surface area contributed by atoms with Gasteiger partial charge in [0.05, 0.1) is 0 Å². The average molecular weight is 212 g/mol. The summed E-state index contributed by atoms with van der Waals surface area (Å²) in [7, 11) is 0. The molecule has 0 amide bonds. The van der Waals surface area contributed by atoms with Crippen LogP contribution in [0.3, 0.4) is 0 Å². The van der Waals surface area contributed by atoms with Gasteiger partial charge in [-0.05, 0) is 46.4 Å². The van der Waals surface area contributed by atoms with Gasteiger partial charge in [0.1, 0.15) is 0 Å². The lowest BCUT2D eigenvalue weighted by Gasteiger charge is -2.11. The number of hydrogen-bond donors (Lipinski definition) is 0. The zero-order chi connectivity index (χ0) is 16.1. The van der Waals surface area contributed by atoms with E-state index in [4.69, 9.17) is 8.22 Å². The molecule has 3 aromatic rings. The van der Waals surface area contributed by atoms with E-state index >= 15 is 0 Å². The van der Waals surface area contributed by atoms with Crippen molar-refractivity contribution in [3.63, 3.8) is 0 Å². The third-order valence-corrected chi connectivity index (χ3v) is 2.93. The third kappa shape index (κ3) is 1.16. The molecular formula is C16H14. The molecule has 0 saturated carbocycles. The van der Waals surface area contributed by atoms with Crippen molar-refractivity contribution in [3.05, 3.63) is 59.7 Å². The quantitative estimate of drug-likeness (QED) is 0.477. The third-order valence-electron chi connectivity index (χ3n) is 2.93. The predicted octanol–water partition coefficient (Wildman–Crippen LogP) is 4.61. The molecule has 16 heavy (non-hydrogen) atoms. The summed E-state index contributed by atoms with van der Waals surface area (Å²) in [5.41, 5.74) is 0.429. The van der Waals surface area contributed by atoms with Crippen molar-refractivity contribution in [2.24, 2.45) is 0 Å². The van der Waals surface area contributed by atoms with E-state index in [0.29, 0.717) is 21.5 Å². The molecule has 0 aliphatic rings. The molecule has 0 radical (unpaired) electrons. The van der Waals surface area contributed by atoms with Crippen molar-refractivity contribution < 1.29 is 8.22 Å². The fraction of sp³-hybridized carbons (Fsp3) is 0.125. The first-order valence-corrected chi connectivity index (χ1v) is 5.15. The summed E-state index contributed by atoms with van der Waals surface area (Å²) >= 11 is 0. The van der Waals surface area contributed by atoms with Crippen molar-refractivity contribution in [2.45, 2.75) is 13.7 Å². The van der Waals surface area contributed by atoms with Crippen molar-refractivity contribution >= 4 is 21.5 Å². The van der Waals surface area contributed by atoms with Crippen LogP contribution in [-0.4, -0.2) is 0 Å².